The Labute approximate surface area is 108 Å². The first-order valence-corrected chi connectivity index (χ1v) is 6.06. The Morgan fingerprint density at radius 2 is 1.89 bits per heavy atom. The van der Waals surface area contributed by atoms with Gasteiger partial charge >= 0.3 is 0 Å². The van der Waals surface area contributed by atoms with E-state index in [4.69, 9.17) is 4.74 Å². The number of rotatable bonds is 5. The zero-order chi connectivity index (χ0) is 12.6. The molecule has 0 aromatic heterocycles. The summed E-state index contributed by atoms with van der Waals surface area (Å²) in [4.78, 5) is 4.43. The predicted octanol–water partition coefficient (Wildman–Crippen LogP) is 3.36. The van der Waals surface area contributed by atoms with Gasteiger partial charge in [-0.25, -0.2) is 0 Å². The van der Waals surface area contributed by atoms with E-state index in [-0.39, 0.29) is 0 Å². The van der Waals surface area contributed by atoms with Gasteiger partial charge in [-0.1, -0.05) is 42.5 Å². The van der Waals surface area contributed by atoms with Gasteiger partial charge in [0, 0.05) is 12.8 Å². The summed E-state index contributed by atoms with van der Waals surface area (Å²) in [6, 6.07) is 18.3. The minimum absolute atomic E-state index is 0.807. The average molecular weight is 239 g/mol. The SMILES string of the molecule is COc1cccc(C=NCCc2ccccc2)c1. The predicted molar refractivity (Wildman–Crippen MR) is 75.6 cm³/mol. The second-order valence-electron chi connectivity index (χ2n) is 4.05. The van der Waals surface area contributed by atoms with Crippen molar-refractivity contribution in [2.75, 3.05) is 13.7 Å². The van der Waals surface area contributed by atoms with Crippen LogP contribution in [0.15, 0.2) is 59.6 Å². The van der Waals surface area contributed by atoms with Crippen LogP contribution >= 0.6 is 0 Å². The molecule has 2 rings (SSSR count). The number of nitrogens with zero attached hydrogens (tertiary/aromatic N) is 1. The Morgan fingerprint density at radius 1 is 1.06 bits per heavy atom. The van der Waals surface area contributed by atoms with Crippen LogP contribution in [-0.4, -0.2) is 19.9 Å². The lowest BCUT2D eigenvalue weighted by Crippen LogP contribution is -1.91. The van der Waals surface area contributed by atoms with Crippen molar-refractivity contribution >= 4 is 6.21 Å². The number of hydrogen-bond donors (Lipinski definition) is 0. The molecular weight excluding hydrogens is 222 g/mol. The van der Waals surface area contributed by atoms with Gasteiger partial charge in [-0.05, 0) is 29.7 Å². The van der Waals surface area contributed by atoms with Crippen LogP contribution in [0.1, 0.15) is 11.1 Å². The van der Waals surface area contributed by atoms with Crippen molar-refractivity contribution in [3.63, 3.8) is 0 Å². The molecule has 0 spiro atoms. The summed E-state index contributed by atoms with van der Waals surface area (Å²) in [6.07, 6.45) is 2.87. The summed E-state index contributed by atoms with van der Waals surface area (Å²) >= 11 is 0. The number of methoxy groups -OCH3 is 1. The monoisotopic (exact) mass is 239 g/mol. The minimum atomic E-state index is 0.807. The molecule has 0 aliphatic rings. The largest absolute Gasteiger partial charge is 0.497 e. The summed E-state index contributed by atoms with van der Waals surface area (Å²) in [5.41, 5.74) is 2.39. The highest BCUT2D eigenvalue weighted by atomic mass is 16.5. The fourth-order valence-electron chi connectivity index (χ4n) is 1.73. The highest BCUT2D eigenvalue weighted by Gasteiger charge is 1.92. The first-order valence-electron chi connectivity index (χ1n) is 6.06. The molecule has 0 bridgehead atoms. The lowest BCUT2D eigenvalue weighted by Gasteiger charge is -2.00. The highest BCUT2D eigenvalue weighted by molar-refractivity contribution is 5.80. The Morgan fingerprint density at radius 3 is 2.67 bits per heavy atom. The van der Waals surface area contributed by atoms with E-state index in [1.807, 2.05) is 36.5 Å². The summed E-state index contributed by atoms with van der Waals surface area (Å²) in [7, 11) is 1.67. The van der Waals surface area contributed by atoms with Crippen LogP contribution in [0, 0.1) is 0 Å². The average Bonchev–Trinajstić information content (AvgIpc) is 2.45. The molecule has 18 heavy (non-hydrogen) atoms. The third-order valence-corrected chi connectivity index (χ3v) is 2.71. The van der Waals surface area contributed by atoms with Gasteiger partial charge in [0.25, 0.3) is 0 Å². The molecule has 2 nitrogen and oxygen atoms in total. The Balaban J connectivity index is 1.87. The van der Waals surface area contributed by atoms with Gasteiger partial charge in [-0.3, -0.25) is 4.99 Å². The van der Waals surface area contributed by atoms with E-state index in [2.05, 4.69) is 29.3 Å². The molecule has 0 unspecified atom stereocenters. The molecule has 2 aromatic carbocycles. The van der Waals surface area contributed by atoms with Crippen molar-refractivity contribution in [1.29, 1.82) is 0 Å². The standard InChI is InChI=1S/C16H17NO/c1-18-16-9-5-8-15(12-16)13-17-11-10-14-6-3-2-4-7-14/h2-9,12-13H,10-11H2,1H3. The van der Waals surface area contributed by atoms with E-state index in [0.717, 1.165) is 24.3 Å². The maximum atomic E-state index is 5.17. The van der Waals surface area contributed by atoms with Gasteiger partial charge < -0.3 is 4.74 Å². The number of hydrogen-bond acceptors (Lipinski definition) is 2. The molecule has 0 atom stereocenters. The first kappa shape index (κ1) is 12.4. The normalized spacial score (nSPS) is 10.7. The summed E-state index contributed by atoms with van der Waals surface area (Å²) in [6.45, 7) is 0.807. The van der Waals surface area contributed by atoms with Crippen LogP contribution in [-0.2, 0) is 6.42 Å². The van der Waals surface area contributed by atoms with Crippen molar-refractivity contribution < 1.29 is 4.74 Å². The minimum Gasteiger partial charge on any atom is -0.497 e. The molecule has 92 valence electrons. The molecule has 0 aliphatic heterocycles. The molecular formula is C16H17NO. The van der Waals surface area contributed by atoms with Crippen molar-refractivity contribution in [3.05, 3.63) is 65.7 Å². The number of aliphatic imine (C=N–C) groups is 1. The molecule has 2 aromatic rings. The molecule has 0 saturated heterocycles. The fraction of sp³-hybridized carbons (Fsp3) is 0.188. The number of ether oxygens (including phenoxy) is 1. The Hall–Kier alpha value is -2.09. The van der Waals surface area contributed by atoms with Crippen molar-refractivity contribution in [3.8, 4) is 5.75 Å². The summed E-state index contributed by atoms with van der Waals surface area (Å²) in [5, 5.41) is 0. The van der Waals surface area contributed by atoms with Gasteiger partial charge in [0.15, 0.2) is 0 Å². The molecule has 0 heterocycles. The van der Waals surface area contributed by atoms with Crippen LogP contribution in [0.3, 0.4) is 0 Å². The first-order chi connectivity index (χ1) is 8.88. The van der Waals surface area contributed by atoms with E-state index in [0.29, 0.717) is 0 Å². The van der Waals surface area contributed by atoms with Crippen molar-refractivity contribution in [2.24, 2.45) is 4.99 Å². The van der Waals surface area contributed by atoms with Crippen LogP contribution in [0.25, 0.3) is 0 Å². The lowest BCUT2D eigenvalue weighted by atomic mass is 10.1. The molecule has 0 amide bonds. The molecule has 0 aliphatic carbocycles. The molecule has 0 saturated carbocycles. The van der Waals surface area contributed by atoms with Crippen molar-refractivity contribution in [1.82, 2.24) is 0 Å². The van der Waals surface area contributed by atoms with E-state index in [1.54, 1.807) is 7.11 Å². The summed E-state index contributed by atoms with van der Waals surface area (Å²) in [5.74, 6) is 0.863. The smallest absolute Gasteiger partial charge is 0.119 e. The zero-order valence-electron chi connectivity index (χ0n) is 10.5. The second-order valence-corrected chi connectivity index (χ2v) is 4.05. The van der Waals surface area contributed by atoms with Gasteiger partial charge in [0.1, 0.15) is 5.75 Å². The lowest BCUT2D eigenvalue weighted by molar-refractivity contribution is 0.415. The van der Waals surface area contributed by atoms with Gasteiger partial charge in [0.05, 0.1) is 7.11 Å². The van der Waals surface area contributed by atoms with E-state index in [9.17, 15) is 0 Å². The van der Waals surface area contributed by atoms with E-state index >= 15 is 0 Å². The van der Waals surface area contributed by atoms with Crippen molar-refractivity contribution in [2.45, 2.75) is 6.42 Å². The fourth-order valence-corrected chi connectivity index (χ4v) is 1.73. The topological polar surface area (TPSA) is 21.6 Å². The Bertz CT molecular complexity index is 506. The van der Waals surface area contributed by atoms with E-state index < -0.39 is 0 Å². The molecule has 0 N–H and O–H groups in total. The summed E-state index contributed by atoms with van der Waals surface area (Å²) < 4.78 is 5.17. The van der Waals surface area contributed by atoms with Gasteiger partial charge in [-0.15, -0.1) is 0 Å². The van der Waals surface area contributed by atoms with Gasteiger partial charge in [-0.2, -0.15) is 0 Å². The Kier molecular flexibility index (Phi) is 4.53. The maximum Gasteiger partial charge on any atom is 0.119 e. The van der Waals surface area contributed by atoms with Crippen LogP contribution in [0.5, 0.6) is 5.75 Å². The van der Waals surface area contributed by atoms with Crippen LogP contribution in [0.2, 0.25) is 0 Å². The molecule has 0 radical (unpaired) electrons. The molecule has 0 fully saturated rings. The van der Waals surface area contributed by atoms with Crippen LogP contribution in [0.4, 0.5) is 0 Å². The van der Waals surface area contributed by atoms with Gasteiger partial charge in [0.2, 0.25) is 0 Å². The molecule has 2 heteroatoms. The maximum absolute atomic E-state index is 5.17. The van der Waals surface area contributed by atoms with Crippen LogP contribution < -0.4 is 4.74 Å². The quantitative estimate of drug-likeness (QED) is 0.733. The third-order valence-electron chi connectivity index (χ3n) is 2.71. The highest BCUT2D eigenvalue weighted by Crippen LogP contribution is 2.10. The second kappa shape index (κ2) is 6.60. The number of benzene rings is 2. The zero-order valence-corrected chi connectivity index (χ0v) is 10.5. The third kappa shape index (κ3) is 3.74. The van der Waals surface area contributed by atoms with E-state index in [1.165, 1.54) is 5.56 Å².